The second-order valence-corrected chi connectivity index (χ2v) is 19.8. The summed E-state index contributed by atoms with van der Waals surface area (Å²) in [4.78, 5) is 101. The average Bonchev–Trinajstić information content (AvgIpc) is 3.99. The van der Waals surface area contributed by atoms with E-state index in [9.17, 15) is 79.5 Å². The number of benzene rings is 4. The molecular weight excluding hydrogens is 1010 g/mol. The van der Waals surface area contributed by atoms with Crippen molar-refractivity contribution in [2.24, 2.45) is 5.92 Å². The molecule has 3 fully saturated rings. The van der Waals surface area contributed by atoms with Crippen LogP contribution >= 0.6 is 0 Å². The van der Waals surface area contributed by atoms with E-state index in [1.165, 1.54) is 43.3 Å². The van der Waals surface area contributed by atoms with Gasteiger partial charge in [0.2, 0.25) is 35.4 Å². The number of nitrogens with zero attached hydrogens (tertiary/aromatic N) is 2. The second kappa shape index (κ2) is 25.1. The highest BCUT2D eigenvalue weighted by molar-refractivity contribution is 6.00. The van der Waals surface area contributed by atoms with Gasteiger partial charge >= 0.3 is 0 Å². The van der Waals surface area contributed by atoms with E-state index in [2.05, 4.69) is 38.4 Å². The van der Waals surface area contributed by atoms with Crippen LogP contribution in [0, 0.1) is 17.8 Å². The SMILES string of the molecule is C[C@@H](O)[C@@H]1NC(=O)[C@H]([C@H](O)[C@@H](O)c2ccc(O)cc2)NC(=O)[C@@H]2C[C@@H](O)CN2C(=O)[C@H]([C@@H](C)O)NC(=O)[C@@H](NC(=O)c2ccc(C#Cc3ccc(-c4ccccc4)cc3)cc2)C[C@@H](O)[C@H](O)NC(=O)[C@@H]2[C@@H](O)[C@@H](C)CN2C1=O. The Hall–Kier alpha value is -7.79. The maximum Gasteiger partial charge on any atom is 0.251 e. The molecule has 0 radical (unpaired) electrons. The molecule has 7 amide bonds. The smallest absolute Gasteiger partial charge is 0.251 e. The number of phenols is 1. The highest BCUT2D eigenvalue weighted by Gasteiger charge is 2.50. The summed E-state index contributed by atoms with van der Waals surface area (Å²) in [6.45, 7) is 2.68. The Kier molecular flexibility index (Phi) is 18.7. The number of carbonyl (C=O) groups is 7. The molecule has 3 saturated heterocycles. The Bertz CT molecular complexity index is 2880. The summed E-state index contributed by atoms with van der Waals surface area (Å²) in [5, 5.41) is 111. The van der Waals surface area contributed by atoms with Gasteiger partial charge in [0.1, 0.15) is 60.3 Å². The van der Waals surface area contributed by atoms with Gasteiger partial charge < -0.3 is 82.3 Å². The molecule has 0 bridgehead atoms. The number of nitrogens with one attached hydrogen (secondary N) is 5. The fourth-order valence-electron chi connectivity index (χ4n) is 9.49. The number of amides is 7. The van der Waals surface area contributed by atoms with Crippen molar-refractivity contribution >= 4 is 41.4 Å². The zero-order valence-corrected chi connectivity index (χ0v) is 42.6. The number of rotatable bonds is 8. The third-order valence-corrected chi connectivity index (χ3v) is 14.0. The number of phenolic OH excluding ortho intramolecular Hbond substituents is 1. The number of aromatic hydroxyl groups is 1. The number of hydrogen-bond donors (Lipinski definition) is 14. The summed E-state index contributed by atoms with van der Waals surface area (Å²) in [5.74, 6) is -3.43. The summed E-state index contributed by atoms with van der Waals surface area (Å²) >= 11 is 0. The van der Waals surface area contributed by atoms with E-state index < -0.39 is 152 Å². The van der Waals surface area contributed by atoms with Crippen LogP contribution in [-0.2, 0) is 28.8 Å². The van der Waals surface area contributed by atoms with Gasteiger partial charge in [-0.3, -0.25) is 33.6 Å². The van der Waals surface area contributed by atoms with Crippen molar-refractivity contribution in [1.82, 2.24) is 36.4 Å². The van der Waals surface area contributed by atoms with Gasteiger partial charge in [0, 0.05) is 48.5 Å². The molecule has 0 spiro atoms. The van der Waals surface area contributed by atoms with Crippen LogP contribution in [0.15, 0.2) is 103 Å². The van der Waals surface area contributed by atoms with Gasteiger partial charge in [-0.2, -0.15) is 0 Å². The van der Waals surface area contributed by atoms with Crippen molar-refractivity contribution in [2.75, 3.05) is 13.1 Å². The fourth-order valence-corrected chi connectivity index (χ4v) is 9.49. The van der Waals surface area contributed by atoms with Gasteiger partial charge in [0.15, 0.2) is 6.23 Å². The van der Waals surface area contributed by atoms with Crippen molar-refractivity contribution in [1.29, 1.82) is 0 Å². The standard InChI is InChI=1S/C55H63N7O16/c1-27-25-62-44(45(27)68)53(76)60-51(74)40(67)24-38(56-48(71)35-17-13-31(14-18-35)10-9-30-11-15-33(16-12-30)32-7-5-4-6-8-32)49(72)57-41(28(2)63)54(77)61-26-37(66)23-39(61)50(73)59-43(52(75)58-42(29(3)64)55(62)78)47(70)46(69)34-19-21-36(65)22-20-34/h4-8,11-22,27-29,37-47,51,63-70,74H,23-26H2,1-3H3,(H,56,71)(H,57,72)(H,58,75)(H,59,73)(H,60,76)/t27-,28+,29+,37+,38-,39-,40+,41-,42-,43-,44-,45-,46-,47-,51-/m0/s1. The normalized spacial score (nSPS) is 28.2. The van der Waals surface area contributed by atoms with Gasteiger partial charge in [0.05, 0.1) is 24.4 Å². The van der Waals surface area contributed by atoms with Gasteiger partial charge in [-0.05, 0) is 79.1 Å². The highest BCUT2D eigenvalue weighted by Crippen LogP contribution is 2.28. The molecule has 23 heteroatoms. The number of fused-ring (bicyclic) bond motifs is 2. The predicted molar refractivity (Wildman–Crippen MR) is 275 cm³/mol. The van der Waals surface area contributed by atoms with Crippen LogP contribution in [-0.4, -0.2) is 189 Å². The van der Waals surface area contributed by atoms with E-state index in [4.69, 9.17) is 0 Å². The van der Waals surface area contributed by atoms with Crippen LogP contribution < -0.4 is 26.6 Å². The van der Waals surface area contributed by atoms with Crippen LogP contribution in [0.25, 0.3) is 11.1 Å². The average molecular weight is 1080 g/mol. The van der Waals surface area contributed by atoms with E-state index >= 15 is 0 Å². The topological polar surface area (TPSA) is 368 Å². The summed E-state index contributed by atoms with van der Waals surface area (Å²) in [6.07, 6.45) is -16.8. The summed E-state index contributed by atoms with van der Waals surface area (Å²) in [7, 11) is 0. The summed E-state index contributed by atoms with van der Waals surface area (Å²) < 4.78 is 0. The van der Waals surface area contributed by atoms with Crippen molar-refractivity contribution in [2.45, 2.75) is 119 Å². The van der Waals surface area contributed by atoms with Crippen molar-refractivity contribution in [3.63, 3.8) is 0 Å². The first-order valence-electron chi connectivity index (χ1n) is 25.2. The largest absolute Gasteiger partial charge is 0.508 e. The van der Waals surface area contributed by atoms with E-state index in [1.54, 1.807) is 0 Å². The number of carbonyl (C=O) groups excluding carboxylic acids is 7. The lowest BCUT2D eigenvalue weighted by Gasteiger charge is -2.34. The molecule has 15 atom stereocenters. The molecule has 4 aromatic carbocycles. The lowest BCUT2D eigenvalue weighted by Crippen LogP contribution is -2.64. The molecule has 0 saturated carbocycles. The van der Waals surface area contributed by atoms with Crippen LogP contribution in [0.2, 0.25) is 0 Å². The number of hydrogen-bond acceptors (Lipinski definition) is 16. The molecule has 14 N–H and O–H groups in total. The lowest BCUT2D eigenvalue weighted by atomic mass is 9.96. The maximum absolute atomic E-state index is 14.4. The minimum absolute atomic E-state index is 0.0223. The van der Waals surface area contributed by atoms with Crippen molar-refractivity contribution in [3.05, 3.63) is 125 Å². The molecule has 0 unspecified atom stereocenters. The van der Waals surface area contributed by atoms with E-state index in [1.807, 2.05) is 54.6 Å². The van der Waals surface area contributed by atoms with Crippen LogP contribution in [0.1, 0.15) is 66.8 Å². The predicted octanol–water partition coefficient (Wildman–Crippen LogP) is -2.76. The van der Waals surface area contributed by atoms with Crippen molar-refractivity contribution < 1.29 is 79.5 Å². The number of aliphatic hydroxyl groups is 8. The van der Waals surface area contributed by atoms with Crippen molar-refractivity contribution in [3.8, 4) is 28.7 Å². The molecule has 3 heterocycles. The minimum Gasteiger partial charge on any atom is -0.508 e. The maximum atomic E-state index is 14.4. The Balaban J connectivity index is 1.20. The van der Waals surface area contributed by atoms with E-state index in [0.717, 1.165) is 46.9 Å². The monoisotopic (exact) mass is 1080 g/mol. The van der Waals surface area contributed by atoms with Crippen LogP contribution in [0.3, 0.4) is 0 Å². The first-order valence-corrected chi connectivity index (χ1v) is 25.2. The fraction of sp³-hybridized carbons (Fsp3) is 0.400. The van der Waals surface area contributed by atoms with Gasteiger partial charge in [-0.25, -0.2) is 0 Å². The molecule has 4 aromatic rings. The second-order valence-electron chi connectivity index (χ2n) is 19.8. The Labute approximate surface area is 447 Å². The van der Waals surface area contributed by atoms with Gasteiger partial charge in [0.25, 0.3) is 5.91 Å². The minimum atomic E-state index is -2.29. The Morgan fingerprint density at radius 3 is 1.74 bits per heavy atom. The molecule has 7 rings (SSSR count). The first kappa shape index (κ1) is 57.9. The third-order valence-electron chi connectivity index (χ3n) is 14.0. The Morgan fingerprint density at radius 2 is 1.15 bits per heavy atom. The summed E-state index contributed by atoms with van der Waals surface area (Å²) in [5.41, 5.74) is 3.16. The lowest BCUT2D eigenvalue weighted by molar-refractivity contribution is -0.148. The van der Waals surface area contributed by atoms with Gasteiger partial charge in [-0.15, -0.1) is 0 Å². The molecule has 414 valence electrons. The first-order chi connectivity index (χ1) is 37.0. The molecule has 0 aromatic heterocycles. The molecule has 0 aliphatic carbocycles. The van der Waals surface area contributed by atoms with Gasteiger partial charge in [-0.1, -0.05) is 73.4 Å². The molecule has 78 heavy (non-hydrogen) atoms. The van der Waals surface area contributed by atoms with Crippen LogP contribution in [0.4, 0.5) is 0 Å². The zero-order valence-electron chi connectivity index (χ0n) is 42.6. The molecule has 3 aliphatic rings. The molecular formula is C55H63N7O16. The third kappa shape index (κ3) is 13.5. The quantitative estimate of drug-likeness (QED) is 0.0795. The highest BCUT2D eigenvalue weighted by atomic mass is 16.3. The number of aliphatic hydroxyl groups excluding tert-OH is 8. The Morgan fingerprint density at radius 1 is 0.615 bits per heavy atom. The van der Waals surface area contributed by atoms with E-state index in [-0.39, 0.29) is 23.4 Å². The van der Waals surface area contributed by atoms with Crippen LogP contribution in [0.5, 0.6) is 5.75 Å². The zero-order chi connectivity index (χ0) is 56.7. The molecule has 23 nitrogen and oxygen atoms in total. The molecule has 3 aliphatic heterocycles. The summed E-state index contributed by atoms with van der Waals surface area (Å²) in [6, 6.07) is 16.2. The van der Waals surface area contributed by atoms with E-state index in [0.29, 0.717) is 11.1 Å².